The third-order valence-corrected chi connectivity index (χ3v) is 2.55. The largest absolute Gasteiger partial charge is 1.00 e. The molecule has 1 fully saturated rings. The summed E-state index contributed by atoms with van der Waals surface area (Å²) in [4.78, 5) is 0. The number of halogens is 1. The predicted molar refractivity (Wildman–Crippen MR) is 56.6 cm³/mol. The molecule has 2 radical (unpaired) electrons. The summed E-state index contributed by atoms with van der Waals surface area (Å²) in [7, 11) is 0. The minimum atomic E-state index is 0. The molecule has 0 aromatic rings. The van der Waals surface area contributed by atoms with Gasteiger partial charge in [0.25, 0.3) is 0 Å². The van der Waals surface area contributed by atoms with E-state index in [2.05, 4.69) is 33.3 Å². The number of hydrogen-bond donors (Lipinski definition) is 0. The fourth-order valence-corrected chi connectivity index (χ4v) is 1.68. The first kappa shape index (κ1) is 18.3. The van der Waals surface area contributed by atoms with Crippen molar-refractivity contribution in [1.29, 1.82) is 0 Å². The van der Waals surface area contributed by atoms with Crippen LogP contribution in [0, 0.1) is 6.42 Å². The molecule has 1 atom stereocenters. The quantitative estimate of drug-likeness (QED) is 0.481. The molecule has 0 amide bonds. The summed E-state index contributed by atoms with van der Waals surface area (Å²) in [6.45, 7) is 7.42. The second-order valence-electron chi connectivity index (χ2n) is 4.33. The van der Waals surface area contributed by atoms with Crippen LogP contribution in [0.3, 0.4) is 0 Å². The maximum Gasteiger partial charge on any atom is 1.00 e. The van der Waals surface area contributed by atoms with Gasteiger partial charge in [-0.05, 0) is 52.9 Å². The van der Waals surface area contributed by atoms with E-state index >= 15 is 0 Å². The average molecular weight is 417 g/mol. The second kappa shape index (κ2) is 9.01. The van der Waals surface area contributed by atoms with Crippen LogP contribution >= 0.6 is 0 Å². The number of allylic oxidation sites excluding steroid dienone is 2. The van der Waals surface area contributed by atoms with Gasteiger partial charge in [-0.25, -0.2) is 0 Å². The van der Waals surface area contributed by atoms with E-state index in [-0.39, 0.29) is 45.7 Å². The molecule has 1 rings (SSSR count). The first-order valence-corrected chi connectivity index (χ1v) is 5.24. The SMILES string of the molecule is CC(C)=CCC[C@]1(C)[CH]CCCO1.[Cl-].[Hg+]. The van der Waals surface area contributed by atoms with Crippen LogP contribution in [0.1, 0.15) is 46.5 Å². The molecule has 84 valence electrons. The van der Waals surface area contributed by atoms with E-state index in [0.29, 0.717) is 0 Å². The Hall–Kier alpha value is 0.925. The van der Waals surface area contributed by atoms with E-state index < -0.39 is 0 Å². The molecule has 0 bridgehead atoms. The molecule has 0 spiro atoms. The fourth-order valence-electron chi connectivity index (χ4n) is 1.68. The van der Waals surface area contributed by atoms with E-state index in [9.17, 15) is 0 Å². The molecular weight excluding hydrogens is 396 g/mol. The number of ether oxygens (including phenoxy) is 1. The van der Waals surface area contributed by atoms with Gasteiger partial charge in [0.05, 0.1) is 5.60 Å². The number of hydrogen-bond acceptors (Lipinski definition) is 1. The topological polar surface area (TPSA) is 9.23 Å². The Bertz CT molecular complexity index is 182. The summed E-state index contributed by atoms with van der Waals surface area (Å²) in [5.74, 6) is 0. The molecule has 1 aliphatic heterocycles. The molecule has 0 saturated carbocycles. The summed E-state index contributed by atoms with van der Waals surface area (Å²) in [6, 6.07) is 0. The zero-order valence-electron chi connectivity index (χ0n) is 10.2. The molecule has 0 aromatic heterocycles. The molecule has 1 nitrogen and oxygen atoms in total. The van der Waals surface area contributed by atoms with Crippen molar-refractivity contribution in [2.75, 3.05) is 6.61 Å². The van der Waals surface area contributed by atoms with Gasteiger partial charge < -0.3 is 17.1 Å². The summed E-state index contributed by atoms with van der Waals surface area (Å²) < 4.78 is 5.76. The van der Waals surface area contributed by atoms with Crippen molar-refractivity contribution >= 4 is 0 Å². The molecular formula is C12H21ClHgO. The van der Waals surface area contributed by atoms with Crippen LogP contribution in [0.25, 0.3) is 0 Å². The Balaban J connectivity index is 0. The molecule has 1 aliphatic rings. The van der Waals surface area contributed by atoms with Crippen molar-refractivity contribution in [3.63, 3.8) is 0 Å². The van der Waals surface area contributed by atoms with Gasteiger partial charge in [-0.2, -0.15) is 0 Å². The molecule has 0 aliphatic carbocycles. The van der Waals surface area contributed by atoms with E-state index in [0.717, 1.165) is 19.4 Å². The predicted octanol–water partition coefficient (Wildman–Crippen LogP) is 0.508. The smallest absolute Gasteiger partial charge is 1.00 e. The van der Waals surface area contributed by atoms with Gasteiger partial charge in [0, 0.05) is 6.61 Å². The van der Waals surface area contributed by atoms with E-state index in [1.807, 2.05) is 0 Å². The Labute approximate surface area is 121 Å². The summed E-state index contributed by atoms with van der Waals surface area (Å²) >= 11 is 0. The minimum absolute atomic E-state index is 0. The first-order chi connectivity index (χ1) is 6.12. The molecule has 1 saturated heterocycles. The van der Waals surface area contributed by atoms with Crippen molar-refractivity contribution in [3.05, 3.63) is 18.1 Å². The Morgan fingerprint density at radius 2 is 2.13 bits per heavy atom. The van der Waals surface area contributed by atoms with E-state index in [1.54, 1.807) is 0 Å². The zero-order chi connectivity index (χ0) is 9.73. The maximum absolute atomic E-state index is 5.76. The van der Waals surface area contributed by atoms with Crippen molar-refractivity contribution < 1.29 is 44.8 Å². The van der Waals surface area contributed by atoms with Crippen LogP contribution < -0.4 is 12.4 Å². The Morgan fingerprint density at radius 1 is 1.47 bits per heavy atom. The minimum Gasteiger partial charge on any atom is -1.00 e. The maximum atomic E-state index is 5.76. The van der Waals surface area contributed by atoms with Crippen LogP contribution in [-0.4, -0.2) is 12.2 Å². The van der Waals surface area contributed by atoms with Crippen molar-refractivity contribution in [2.24, 2.45) is 0 Å². The van der Waals surface area contributed by atoms with Crippen LogP contribution in [0.15, 0.2) is 11.6 Å². The fraction of sp³-hybridized carbons (Fsp3) is 0.750. The van der Waals surface area contributed by atoms with Gasteiger partial charge in [0.2, 0.25) is 0 Å². The van der Waals surface area contributed by atoms with Gasteiger partial charge in [-0.3, -0.25) is 0 Å². The monoisotopic (exact) mass is 418 g/mol. The standard InChI is InChI=1S/C12H21O.ClH.Hg/c1-11(2)7-6-9-12(3)8-4-5-10-13-12;;/h7-8H,4-6,9-10H2,1-3H3;1H;/q;;+1/p-1/t12-;;/m0../s1. The first-order valence-electron chi connectivity index (χ1n) is 5.24. The van der Waals surface area contributed by atoms with Gasteiger partial charge >= 0.3 is 27.7 Å². The molecule has 1 heterocycles. The summed E-state index contributed by atoms with van der Waals surface area (Å²) in [5, 5.41) is 0. The molecule has 0 unspecified atom stereocenters. The average Bonchev–Trinajstić information content (AvgIpc) is 2.04. The van der Waals surface area contributed by atoms with Gasteiger partial charge in [-0.15, -0.1) is 0 Å². The zero-order valence-corrected chi connectivity index (χ0v) is 16.4. The van der Waals surface area contributed by atoms with Crippen molar-refractivity contribution in [3.8, 4) is 0 Å². The third kappa shape index (κ3) is 7.76. The second-order valence-corrected chi connectivity index (χ2v) is 4.33. The van der Waals surface area contributed by atoms with Gasteiger partial charge in [-0.1, -0.05) is 11.6 Å². The van der Waals surface area contributed by atoms with Crippen molar-refractivity contribution in [1.82, 2.24) is 0 Å². The Kier molecular flexibility index (Phi) is 11.0. The van der Waals surface area contributed by atoms with Gasteiger partial charge in [0.15, 0.2) is 0 Å². The van der Waals surface area contributed by atoms with E-state index in [1.165, 1.54) is 18.4 Å². The van der Waals surface area contributed by atoms with Crippen LogP contribution in [0.4, 0.5) is 0 Å². The number of rotatable bonds is 3. The summed E-state index contributed by atoms with van der Waals surface area (Å²) in [6.07, 6.45) is 9.28. The normalized spacial score (nSPS) is 24.7. The summed E-state index contributed by atoms with van der Waals surface area (Å²) in [5.41, 5.74) is 1.45. The van der Waals surface area contributed by atoms with Gasteiger partial charge in [0.1, 0.15) is 0 Å². The molecule has 15 heavy (non-hydrogen) atoms. The third-order valence-electron chi connectivity index (χ3n) is 2.55. The van der Waals surface area contributed by atoms with Crippen LogP contribution in [-0.2, 0) is 32.4 Å². The molecule has 3 heteroatoms. The van der Waals surface area contributed by atoms with Crippen LogP contribution in [0.5, 0.6) is 0 Å². The Morgan fingerprint density at radius 3 is 2.60 bits per heavy atom. The van der Waals surface area contributed by atoms with E-state index in [4.69, 9.17) is 4.74 Å². The van der Waals surface area contributed by atoms with Crippen molar-refractivity contribution in [2.45, 2.75) is 52.1 Å². The molecule has 0 aromatic carbocycles. The molecule has 0 N–H and O–H groups in total. The van der Waals surface area contributed by atoms with Crippen LogP contribution in [0.2, 0.25) is 0 Å².